The lowest BCUT2D eigenvalue weighted by Crippen LogP contribution is -2.10. The first-order valence-corrected chi connectivity index (χ1v) is 7.67. The van der Waals surface area contributed by atoms with Crippen LogP contribution in [0, 0.1) is 0 Å². The predicted octanol–water partition coefficient (Wildman–Crippen LogP) is 5.84. The van der Waals surface area contributed by atoms with Gasteiger partial charge in [0.05, 0.1) is 0 Å². The zero-order chi connectivity index (χ0) is 13.9. The van der Waals surface area contributed by atoms with Gasteiger partial charge in [0.25, 0.3) is 0 Å². The minimum absolute atomic E-state index is 0.230. The van der Waals surface area contributed by atoms with E-state index in [0.717, 1.165) is 0 Å². The van der Waals surface area contributed by atoms with E-state index < -0.39 is 0 Å². The molecule has 0 radical (unpaired) electrons. The maximum atomic E-state index is 2.26. The SMILES string of the molecule is CC(Sc1ccc(C(C)(C)C)cc1)c1ccccc1. The summed E-state index contributed by atoms with van der Waals surface area (Å²) in [5, 5.41) is 0.488. The van der Waals surface area contributed by atoms with Crippen LogP contribution in [-0.2, 0) is 5.41 Å². The van der Waals surface area contributed by atoms with E-state index in [1.54, 1.807) is 0 Å². The highest BCUT2D eigenvalue weighted by atomic mass is 32.2. The van der Waals surface area contributed by atoms with Gasteiger partial charge in [0.1, 0.15) is 0 Å². The quantitative estimate of drug-likeness (QED) is 0.632. The molecule has 0 nitrogen and oxygen atoms in total. The highest BCUT2D eigenvalue weighted by Gasteiger charge is 2.13. The van der Waals surface area contributed by atoms with Crippen LogP contribution < -0.4 is 0 Å². The molecule has 0 aliphatic heterocycles. The summed E-state index contributed by atoms with van der Waals surface area (Å²) in [4.78, 5) is 1.34. The number of hydrogen-bond donors (Lipinski definition) is 0. The van der Waals surface area contributed by atoms with Gasteiger partial charge in [0.2, 0.25) is 0 Å². The molecule has 0 spiro atoms. The zero-order valence-electron chi connectivity index (χ0n) is 12.2. The Morgan fingerprint density at radius 2 is 1.42 bits per heavy atom. The average Bonchev–Trinajstić information content (AvgIpc) is 2.39. The van der Waals surface area contributed by atoms with Crippen molar-refractivity contribution in [2.24, 2.45) is 0 Å². The van der Waals surface area contributed by atoms with Crippen LogP contribution in [0.2, 0.25) is 0 Å². The Bertz CT molecular complexity index is 506. The van der Waals surface area contributed by atoms with Crippen molar-refractivity contribution < 1.29 is 0 Å². The molecule has 0 fully saturated rings. The lowest BCUT2D eigenvalue weighted by atomic mass is 9.87. The van der Waals surface area contributed by atoms with Crippen molar-refractivity contribution in [1.82, 2.24) is 0 Å². The van der Waals surface area contributed by atoms with Crippen molar-refractivity contribution in [2.75, 3.05) is 0 Å². The summed E-state index contributed by atoms with van der Waals surface area (Å²) in [6.45, 7) is 9.02. The first-order chi connectivity index (χ1) is 8.97. The molecule has 0 bridgehead atoms. The fourth-order valence-corrected chi connectivity index (χ4v) is 3.02. The maximum Gasteiger partial charge on any atom is 0.0316 e. The van der Waals surface area contributed by atoms with E-state index in [2.05, 4.69) is 82.3 Å². The molecule has 1 unspecified atom stereocenters. The van der Waals surface area contributed by atoms with E-state index in [4.69, 9.17) is 0 Å². The van der Waals surface area contributed by atoms with Crippen LogP contribution in [0.1, 0.15) is 44.1 Å². The Balaban J connectivity index is 2.08. The molecule has 1 atom stereocenters. The van der Waals surface area contributed by atoms with Gasteiger partial charge in [0.15, 0.2) is 0 Å². The van der Waals surface area contributed by atoms with Crippen LogP contribution in [0.4, 0.5) is 0 Å². The fourth-order valence-electron chi connectivity index (χ4n) is 2.03. The summed E-state index contributed by atoms with van der Waals surface area (Å²) in [5.74, 6) is 0. The Morgan fingerprint density at radius 3 is 1.95 bits per heavy atom. The summed E-state index contributed by atoms with van der Waals surface area (Å²) >= 11 is 1.92. The molecule has 1 heteroatoms. The van der Waals surface area contributed by atoms with Gasteiger partial charge in [-0.05, 0) is 35.6 Å². The molecule has 0 aliphatic rings. The van der Waals surface area contributed by atoms with Crippen LogP contribution in [0.15, 0.2) is 59.5 Å². The molecule has 0 heterocycles. The minimum atomic E-state index is 0.230. The summed E-state index contributed by atoms with van der Waals surface area (Å²) in [6, 6.07) is 19.7. The van der Waals surface area contributed by atoms with Gasteiger partial charge in [-0.1, -0.05) is 63.2 Å². The zero-order valence-corrected chi connectivity index (χ0v) is 13.0. The molecule has 0 aliphatic carbocycles. The summed E-state index contributed by atoms with van der Waals surface area (Å²) in [7, 11) is 0. The number of rotatable bonds is 3. The lowest BCUT2D eigenvalue weighted by Gasteiger charge is -2.19. The van der Waals surface area contributed by atoms with Crippen LogP contribution >= 0.6 is 11.8 Å². The average molecular weight is 270 g/mol. The lowest BCUT2D eigenvalue weighted by molar-refractivity contribution is 0.590. The third-order valence-corrected chi connectivity index (χ3v) is 4.47. The Kier molecular flexibility index (Phi) is 4.36. The normalized spacial score (nSPS) is 13.3. The third kappa shape index (κ3) is 3.87. The molecule has 2 aromatic rings. The topological polar surface area (TPSA) is 0 Å². The summed E-state index contributed by atoms with van der Waals surface area (Å²) in [6.07, 6.45) is 0. The summed E-state index contributed by atoms with van der Waals surface area (Å²) in [5.41, 5.74) is 3.01. The van der Waals surface area contributed by atoms with E-state index in [9.17, 15) is 0 Å². The van der Waals surface area contributed by atoms with Gasteiger partial charge >= 0.3 is 0 Å². The first-order valence-electron chi connectivity index (χ1n) is 6.79. The standard InChI is InChI=1S/C18H22S/c1-14(15-8-6-5-7-9-15)19-17-12-10-16(11-13-17)18(2,3)4/h5-14H,1-4H3. The van der Waals surface area contributed by atoms with Crippen molar-refractivity contribution in [1.29, 1.82) is 0 Å². The molecule has 0 amide bonds. The molecule has 0 aromatic heterocycles. The molecule has 0 saturated carbocycles. The van der Waals surface area contributed by atoms with Gasteiger partial charge in [-0.15, -0.1) is 11.8 Å². The maximum absolute atomic E-state index is 2.26. The molecule has 0 N–H and O–H groups in total. The van der Waals surface area contributed by atoms with Gasteiger partial charge < -0.3 is 0 Å². The number of thioether (sulfide) groups is 1. The van der Waals surface area contributed by atoms with Gasteiger partial charge in [-0.25, -0.2) is 0 Å². The number of benzene rings is 2. The third-order valence-electron chi connectivity index (χ3n) is 3.30. The van der Waals surface area contributed by atoms with Gasteiger partial charge in [-0.2, -0.15) is 0 Å². The van der Waals surface area contributed by atoms with Crippen molar-refractivity contribution in [3.05, 3.63) is 65.7 Å². The Morgan fingerprint density at radius 1 is 0.842 bits per heavy atom. The highest BCUT2D eigenvalue weighted by molar-refractivity contribution is 7.99. The Labute approximate surface area is 121 Å². The molecule has 2 aromatic carbocycles. The van der Waals surface area contributed by atoms with E-state index in [-0.39, 0.29) is 5.41 Å². The second-order valence-electron chi connectivity index (χ2n) is 5.95. The van der Waals surface area contributed by atoms with Crippen molar-refractivity contribution in [2.45, 2.75) is 43.3 Å². The molecule has 100 valence electrons. The second kappa shape index (κ2) is 5.83. The van der Waals surface area contributed by atoms with Crippen LogP contribution in [0.25, 0.3) is 0 Å². The van der Waals surface area contributed by atoms with Gasteiger partial charge in [-0.3, -0.25) is 0 Å². The van der Waals surface area contributed by atoms with E-state index in [0.29, 0.717) is 5.25 Å². The van der Waals surface area contributed by atoms with Crippen LogP contribution in [0.5, 0.6) is 0 Å². The first kappa shape index (κ1) is 14.2. The summed E-state index contributed by atoms with van der Waals surface area (Å²) < 4.78 is 0. The predicted molar refractivity (Wildman–Crippen MR) is 85.9 cm³/mol. The Hall–Kier alpha value is -1.21. The van der Waals surface area contributed by atoms with Gasteiger partial charge in [0, 0.05) is 10.1 Å². The monoisotopic (exact) mass is 270 g/mol. The largest absolute Gasteiger partial charge is 0.118 e. The molecular weight excluding hydrogens is 248 g/mol. The van der Waals surface area contributed by atoms with Crippen molar-refractivity contribution in [3.63, 3.8) is 0 Å². The van der Waals surface area contributed by atoms with Crippen molar-refractivity contribution >= 4 is 11.8 Å². The van der Waals surface area contributed by atoms with E-state index in [1.165, 1.54) is 16.0 Å². The number of hydrogen-bond acceptors (Lipinski definition) is 1. The fraction of sp³-hybridized carbons (Fsp3) is 0.333. The van der Waals surface area contributed by atoms with E-state index >= 15 is 0 Å². The molecule has 19 heavy (non-hydrogen) atoms. The minimum Gasteiger partial charge on any atom is -0.118 e. The molecular formula is C18H22S. The highest BCUT2D eigenvalue weighted by Crippen LogP contribution is 2.35. The molecule has 2 rings (SSSR count). The van der Waals surface area contributed by atoms with Crippen LogP contribution in [0.3, 0.4) is 0 Å². The second-order valence-corrected chi connectivity index (χ2v) is 7.36. The van der Waals surface area contributed by atoms with Crippen LogP contribution in [-0.4, -0.2) is 0 Å². The van der Waals surface area contributed by atoms with E-state index in [1.807, 2.05) is 11.8 Å². The molecule has 0 saturated heterocycles. The smallest absolute Gasteiger partial charge is 0.0316 e. The van der Waals surface area contributed by atoms with Crippen molar-refractivity contribution in [3.8, 4) is 0 Å².